The first-order valence-corrected chi connectivity index (χ1v) is 11.3. The molecule has 1 aromatic carbocycles. The van der Waals surface area contributed by atoms with Crippen molar-refractivity contribution in [1.82, 2.24) is 20.1 Å². The van der Waals surface area contributed by atoms with Crippen LogP contribution in [-0.2, 0) is 11.3 Å². The summed E-state index contributed by atoms with van der Waals surface area (Å²) in [6.07, 6.45) is 2.16. The highest BCUT2D eigenvalue weighted by Crippen LogP contribution is 2.35. The number of thiocarbonyl (C=S) groups is 1. The van der Waals surface area contributed by atoms with Gasteiger partial charge >= 0.3 is 0 Å². The molecule has 2 N–H and O–H groups in total. The predicted octanol–water partition coefficient (Wildman–Crippen LogP) is 2.07. The monoisotopic (exact) mass is 446 g/mol. The van der Waals surface area contributed by atoms with E-state index in [1.165, 1.54) is 0 Å². The summed E-state index contributed by atoms with van der Waals surface area (Å²) in [6, 6.07) is 5.65. The van der Waals surface area contributed by atoms with E-state index >= 15 is 0 Å². The van der Waals surface area contributed by atoms with E-state index in [4.69, 9.17) is 26.4 Å². The summed E-state index contributed by atoms with van der Waals surface area (Å²) in [5, 5.41) is 4.95. The van der Waals surface area contributed by atoms with E-state index < -0.39 is 0 Å². The zero-order chi connectivity index (χ0) is 21.6. The molecule has 0 radical (unpaired) electrons. The maximum Gasteiger partial charge on any atom is 0.253 e. The molecule has 0 aliphatic carbocycles. The second-order valence-corrected chi connectivity index (χ2v) is 8.26. The minimum absolute atomic E-state index is 0.112. The lowest BCUT2D eigenvalue weighted by Crippen LogP contribution is -2.46. The Morgan fingerprint density at radius 3 is 2.77 bits per heavy atom. The van der Waals surface area contributed by atoms with Crippen molar-refractivity contribution in [1.29, 1.82) is 0 Å². The lowest BCUT2D eigenvalue weighted by atomic mass is 10.1. The number of pyridine rings is 1. The van der Waals surface area contributed by atoms with E-state index in [1.54, 1.807) is 0 Å². The van der Waals surface area contributed by atoms with E-state index in [9.17, 15) is 4.79 Å². The summed E-state index contributed by atoms with van der Waals surface area (Å²) in [7, 11) is 0. The number of aromatic amines is 1. The number of H-pyrrole nitrogens is 1. The van der Waals surface area contributed by atoms with Gasteiger partial charge < -0.3 is 29.4 Å². The molecule has 2 aliphatic rings. The SMILES string of the molecule is CCCCNC(=S)N(CCN1CCOCC1)Cc1cc2cc3c(cc2[nH]c1=O)OCO3. The van der Waals surface area contributed by atoms with Gasteiger partial charge in [0.1, 0.15) is 0 Å². The van der Waals surface area contributed by atoms with Gasteiger partial charge in [0, 0.05) is 49.7 Å². The molecule has 0 amide bonds. The summed E-state index contributed by atoms with van der Waals surface area (Å²) in [5.41, 5.74) is 1.30. The Morgan fingerprint density at radius 2 is 2.00 bits per heavy atom. The molecule has 8 nitrogen and oxygen atoms in total. The van der Waals surface area contributed by atoms with Crippen LogP contribution in [0.4, 0.5) is 0 Å². The van der Waals surface area contributed by atoms with Crippen LogP contribution >= 0.6 is 12.2 Å². The van der Waals surface area contributed by atoms with Gasteiger partial charge in [-0.05, 0) is 30.8 Å². The lowest BCUT2D eigenvalue weighted by Gasteiger charge is -2.31. The summed E-state index contributed by atoms with van der Waals surface area (Å²) in [6.45, 7) is 8.64. The van der Waals surface area contributed by atoms with Crippen LogP contribution in [0.25, 0.3) is 10.9 Å². The van der Waals surface area contributed by atoms with Gasteiger partial charge in [-0.1, -0.05) is 13.3 Å². The van der Waals surface area contributed by atoms with Gasteiger partial charge in [0.05, 0.1) is 25.3 Å². The molecule has 4 rings (SSSR count). The Morgan fingerprint density at radius 1 is 1.23 bits per heavy atom. The maximum atomic E-state index is 12.8. The normalized spacial score (nSPS) is 15.9. The molecule has 1 fully saturated rings. The van der Waals surface area contributed by atoms with Gasteiger partial charge in [-0.25, -0.2) is 0 Å². The number of fused-ring (bicyclic) bond motifs is 2. The largest absolute Gasteiger partial charge is 0.454 e. The fourth-order valence-corrected chi connectivity index (χ4v) is 4.05. The number of hydrogen-bond acceptors (Lipinski definition) is 6. The molecule has 31 heavy (non-hydrogen) atoms. The number of rotatable bonds is 8. The molecule has 9 heteroatoms. The van der Waals surface area contributed by atoms with Crippen molar-refractivity contribution in [3.63, 3.8) is 0 Å². The summed E-state index contributed by atoms with van der Waals surface area (Å²) in [4.78, 5) is 20.3. The van der Waals surface area contributed by atoms with E-state index in [2.05, 4.69) is 27.0 Å². The second kappa shape index (κ2) is 10.3. The van der Waals surface area contributed by atoms with Crippen molar-refractivity contribution in [3.05, 3.63) is 34.1 Å². The number of hydrogen-bond donors (Lipinski definition) is 2. The van der Waals surface area contributed by atoms with Crippen LogP contribution in [-0.4, -0.2) is 72.6 Å². The standard InChI is InChI=1S/C22H30N4O4S/c1-2-3-4-23-22(31)26(6-5-25-7-9-28-10-8-25)14-17-11-16-12-19-20(30-15-29-19)13-18(16)24-21(17)27/h11-13H,2-10,14-15H2,1H3,(H,23,31)(H,24,27). The van der Waals surface area contributed by atoms with Crippen LogP contribution in [0.5, 0.6) is 11.5 Å². The van der Waals surface area contributed by atoms with Gasteiger partial charge in [0.15, 0.2) is 16.6 Å². The quantitative estimate of drug-likeness (QED) is 0.471. The molecule has 0 bridgehead atoms. The molecule has 2 aliphatic heterocycles. The minimum Gasteiger partial charge on any atom is -0.454 e. The average Bonchev–Trinajstić information content (AvgIpc) is 3.23. The number of nitrogens with one attached hydrogen (secondary N) is 2. The smallest absolute Gasteiger partial charge is 0.253 e. The third-order valence-corrected chi connectivity index (χ3v) is 6.06. The molecule has 168 valence electrons. The zero-order valence-corrected chi connectivity index (χ0v) is 18.8. The Kier molecular flexibility index (Phi) is 7.26. The van der Waals surface area contributed by atoms with Crippen LogP contribution in [0.15, 0.2) is 23.0 Å². The lowest BCUT2D eigenvalue weighted by molar-refractivity contribution is 0.0357. The van der Waals surface area contributed by atoms with Crippen LogP contribution < -0.4 is 20.3 Å². The minimum atomic E-state index is -0.112. The van der Waals surface area contributed by atoms with E-state index in [-0.39, 0.29) is 12.4 Å². The first kappa shape index (κ1) is 21.9. The molecular weight excluding hydrogens is 416 g/mol. The van der Waals surface area contributed by atoms with Crippen molar-refractivity contribution in [2.45, 2.75) is 26.3 Å². The van der Waals surface area contributed by atoms with Crippen molar-refractivity contribution in [3.8, 4) is 11.5 Å². The number of nitrogens with zero attached hydrogens (tertiary/aromatic N) is 2. The molecular formula is C22H30N4O4S. The van der Waals surface area contributed by atoms with E-state index in [1.807, 2.05) is 18.2 Å². The highest BCUT2D eigenvalue weighted by atomic mass is 32.1. The summed E-state index contributed by atoms with van der Waals surface area (Å²) in [5.74, 6) is 1.36. The number of aromatic nitrogens is 1. The second-order valence-electron chi connectivity index (χ2n) is 7.88. The van der Waals surface area contributed by atoms with Gasteiger partial charge in [-0.3, -0.25) is 9.69 Å². The molecule has 0 spiro atoms. The Hall–Kier alpha value is -2.36. The van der Waals surface area contributed by atoms with Crippen molar-refractivity contribution in [2.75, 3.05) is 52.7 Å². The average molecular weight is 447 g/mol. The molecule has 1 aromatic heterocycles. The van der Waals surface area contributed by atoms with Crippen molar-refractivity contribution in [2.24, 2.45) is 0 Å². The van der Waals surface area contributed by atoms with Crippen molar-refractivity contribution >= 4 is 28.2 Å². The van der Waals surface area contributed by atoms with Crippen LogP contribution in [0.2, 0.25) is 0 Å². The van der Waals surface area contributed by atoms with Crippen LogP contribution in [0, 0.1) is 0 Å². The van der Waals surface area contributed by atoms with E-state index in [0.29, 0.717) is 28.7 Å². The Balaban J connectivity index is 1.52. The topological polar surface area (TPSA) is 79.1 Å². The zero-order valence-electron chi connectivity index (χ0n) is 17.9. The number of morpholine rings is 1. The fraction of sp³-hybridized carbons (Fsp3) is 0.545. The third kappa shape index (κ3) is 5.47. The maximum absolute atomic E-state index is 12.8. The van der Waals surface area contributed by atoms with Gasteiger partial charge in [-0.15, -0.1) is 0 Å². The molecule has 0 unspecified atom stereocenters. The Labute approximate surface area is 187 Å². The first-order chi connectivity index (χ1) is 15.1. The van der Waals surface area contributed by atoms with Gasteiger partial charge in [0.25, 0.3) is 5.56 Å². The highest BCUT2D eigenvalue weighted by molar-refractivity contribution is 7.80. The number of ether oxygens (including phenoxy) is 3. The molecule has 1 saturated heterocycles. The summed E-state index contributed by atoms with van der Waals surface area (Å²) >= 11 is 5.68. The van der Waals surface area contributed by atoms with Gasteiger partial charge in [0.2, 0.25) is 6.79 Å². The number of benzene rings is 1. The first-order valence-electron chi connectivity index (χ1n) is 10.9. The van der Waals surface area contributed by atoms with E-state index in [0.717, 1.165) is 69.7 Å². The van der Waals surface area contributed by atoms with Gasteiger partial charge in [-0.2, -0.15) is 0 Å². The third-order valence-electron chi connectivity index (χ3n) is 5.66. The van der Waals surface area contributed by atoms with Crippen LogP contribution in [0.3, 0.4) is 0 Å². The molecule has 0 saturated carbocycles. The Bertz CT molecular complexity index is 974. The van der Waals surface area contributed by atoms with Crippen LogP contribution in [0.1, 0.15) is 25.3 Å². The molecule has 2 aromatic rings. The predicted molar refractivity (Wildman–Crippen MR) is 124 cm³/mol. The number of unbranched alkanes of at least 4 members (excludes halogenated alkanes) is 1. The molecule has 3 heterocycles. The highest BCUT2D eigenvalue weighted by Gasteiger charge is 2.18. The summed E-state index contributed by atoms with van der Waals surface area (Å²) < 4.78 is 16.3. The molecule has 0 atom stereocenters. The van der Waals surface area contributed by atoms with Crippen molar-refractivity contribution < 1.29 is 14.2 Å². The fourth-order valence-electron chi connectivity index (χ4n) is 3.79.